The average Bonchev–Trinajstić information content (AvgIpc) is 2.42. The highest BCUT2D eigenvalue weighted by molar-refractivity contribution is 9.10. The maximum atomic E-state index is 12.3. The van der Waals surface area contributed by atoms with E-state index in [2.05, 4.69) is 25.8 Å². The molecule has 1 aromatic rings. The Balaban J connectivity index is 1.50. The maximum absolute atomic E-state index is 12.3. The summed E-state index contributed by atoms with van der Waals surface area (Å²) in [5.74, 6) is 1.94. The first kappa shape index (κ1) is 12.8. The van der Waals surface area contributed by atoms with E-state index in [1.165, 1.54) is 19.3 Å². The summed E-state index contributed by atoms with van der Waals surface area (Å²) in [6, 6.07) is 1.76. The molecule has 0 aromatic carbocycles. The lowest BCUT2D eigenvalue weighted by Crippen LogP contribution is -2.60. The summed E-state index contributed by atoms with van der Waals surface area (Å²) in [6.07, 6.45) is 7.04. The quantitative estimate of drug-likeness (QED) is 0.779. The zero-order valence-corrected chi connectivity index (χ0v) is 12.8. The third-order valence-corrected chi connectivity index (χ3v) is 5.29. The molecule has 5 rings (SSSR count). The van der Waals surface area contributed by atoms with Crippen molar-refractivity contribution in [3.05, 3.63) is 28.5 Å². The van der Waals surface area contributed by atoms with Gasteiger partial charge in [-0.15, -0.1) is 0 Å². The molecule has 3 atom stereocenters. The van der Waals surface area contributed by atoms with E-state index in [4.69, 9.17) is 4.74 Å². The van der Waals surface area contributed by atoms with Crippen LogP contribution in [0.3, 0.4) is 0 Å². The Hall–Kier alpha value is -0.940. The number of pyridine rings is 1. The Labute approximate surface area is 126 Å². The van der Waals surface area contributed by atoms with Gasteiger partial charge in [-0.2, -0.15) is 0 Å². The van der Waals surface area contributed by atoms with E-state index in [1.807, 2.05) is 0 Å². The highest BCUT2D eigenvalue weighted by Gasteiger charge is 2.48. The second kappa shape index (κ2) is 4.81. The second-order valence-corrected chi connectivity index (χ2v) is 7.26. The molecule has 1 aliphatic carbocycles. The fourth-order valence-corrected chi connectivity index (χ4v) is 4.63. The van der Waals surface area contributed by atoms with Gasteiger partial charge >= 0.3 is 5.97 Å². The first-order valence-electron chi connectivity index (χ1n) is 7.24. The fourth-order valence-electron chi connectivity index (χ4n) is 4.26. The van der Waals surface area contributed by atoms with Crippen molar-refractivity contribution in [1.82, 2.24) is 9.88 Å². The number of carbonyl (C=O) groups excluding carboxylic acids is 1. The van der Waals surface area contributed by atoms with Gasteiger partial charge in [-0.1, -0.05) is 0 Å². The molecule has 0 spiro atoms. The van der Waals surface area contributed by atoms with Crippen molar-refractivity contribution < 1.29 is 9.53 Å². The fraction of sp³-hybridized carbons (Fsp3) is 0.600. The minimum atomic E-state index is -0.253. The molecule has 4 bridgehead atoms. The second-order valence-electron chi connectivity index (χ2n) is 6.34. The van der Waals surface area contributed by atoms with Gasteiger partial charge in [0.25, 0.3) is 0 Å². The molecule has 4 heterocycles. The number of nitrogens with zero attached hydrogens (tertiary/aromatic N) is 2. The topological polar surface area (TPSA) is 42.4 Å². The van der Waals surface area contributed by atoms with Crippen molar-refractivity contribution in [3.63, 3.8) is 0 Å². The van der Waals surface area contributed by atoms with Gasteiger partial charge in [0.05, 0.1) is 5.56 Å². The predicted molar refractivity (Wildman–Crippen MR) is 77.0 cm³/mol. The van der Waals surface area contributed by atoms with Crippen molar-refractivity contribution in [2.45, 2.75) is 25.5 Å². The third-order valence-electron chi connectivity index (χ3n) is 4.86. The molecule has 1 aromatic heterocycles. The lowest BCUT2D eigenvalue weighted by atomic mass is 9.67. The van der Waals surface area contributed by atoms with Crippen LogP contribution in [0, 0.1) is 17.8 Å². The number of aromatic nitrogens is 1. The van der Waals surface area contributed by atoms with Crippen LogP contribution in [0.15, 0.2) is 22.9 Å². The first-order chi connectivity index (χ1) is 9.69. The maximum Gasteiger partial charge on any atom is 0.341 e. The molecule has 0 N–H and O–H groups in total. The molecule has 20 heavy (non-hydrogen) atoms. The van der Waals surface area contributed by atoms with E-state index in [0.29, 0.717) is 11.5 Å². The van der Waals surface area contributed by atoms with Crippen LogP contribution in [0.4, 0.5) is 0 Å². The highest BCUT2D eigenvalue weighted by Crippen LogP contribution is 2.46. The van der Waals surface area contributed by atoms with Gasteiger partial charge < -0.3 is 4.74 Å². The Morgan fingerprint density at radius 1 is 1.25 bits per heavy atom. The number of hydrogen-bond donors (Lipinski definition) is 0. The molecule has 5 heteroatoms. The van der Waals surface area contributed by atoms with E-state index in [-0.39, 0.29) is 12.2 Å². The monoisotopic (exact) mass is 336 g/mol. The summed E-state index contributed by atoms with van der Waals surface area (Å²) in [5, 5.41) is 0. The summed E-state index contributed by atoms with van der Waals surface area (Å²) in [5.41, 5.74) is 0.523. The van der Waals surface area contributed by atoms with Crippen LogP contribution in [0.5, 0.6) is 0 Å². The minimum Gasteiger partial charge on any atom is -0.442 e. The number of carbonyl (C=O) groups is 1. The van der Waals surface area contributed by atoms with Gasteiger partial charge in [0.15, 0.2) is 6.23 Å². The number of hydrogen-bond acceptors (Lipinski definition) is 4. The van der Waals surface area contributed by atoms with Gasteiger partial charge in [0.1, 0.15) is 0 Å². The van der Waals surface area contributed by atoms with E-state index in [9.17, 15) is 4.79 Å². The lowest BCUT2D eigenvalue weighted by Gasteiger charge is -2.55. The summed E-state index contributed by atoms with van der Waals surface area (Å²) in [6.45, 7) is 2.20. The van der Waals surface area contributed by atoms with E-state index < -0.39 is 0 Å². The molecular formula is C15H17BrN2O2. The molecule has 0 amide bonds. The average molecular weight is 337 g/mol. The minimum absolute atomic E-state index is 0.0192. The molecule has 4 fully saturated rings. The van der Waals surface area contributed by atoms with Gasteiger partial charge in [-0.25, -0.2) is 4.79 Å². The van der Waals surface area contributed by atoms with Crippen LogP contribution >= 0.6 is 15.9 Å². The predicted octanol–water partition coefficient (Wildman–Crippen LogP) is 2.69. The molecule has 0 radical (unpaired) electrons. The van der Waals surface area contributed by atoms with Crippen molar-refractivity contribution in [2.24, 2.45) is 17.8 Å². The summed E-state index contributed by atoms with van der Waals surface area (Å²) >= 11 is 3.34. The van der Waals surface area contributed by atoms with Crippen molar-refractivity contribution in [1.29, 1.82) is 0 Å². The summed E-state index contributed by atoms with van der Waals surface area (Å²) in [4.78, 5) is 18.7. The molecular weight excluding hydrogens is 320 g/mol. The van der Waals surface area contributed by atoms with Crippen LogP contribution in [0.2, 0.25) is 0 Å². The Morgan fingerprint density at radius 2 is 2.00 bits per heavy atom. The van der Waals surface area contributed by atoms with Crippen molar-refractivity contribution in [3.8, 4) is 0 Å². The molecule has 1 saturated carbocycles. The van der Waals surface area contributed by atoms with Gasteiger partial charge in [0, 0.05) is 35.9 Å². The highest BCUT2D eigenvalue weighted by atomic mass is 79.9. The van der Waals surface area contributed by atoms with Crippen LogP contribution in [-0.2, 0) is 4.74 Å². The van der Waals surface area contributed by atoms with Crippen LogP contribution in [-0.4, -0.2) is 35.2 Å². The largest absolute Gasteiger partial charge is 0.442 e. The zero-order valence-electron chi connectivity index (χ0n) is 11.2. The molecule has 3 saturated heterocycles. The smallest absolute Gasteiger partial charge is 0.341 e. The lowest BCUT2D eigenvalue weighted by molar-refractivity contribution is -0.159. The zero-order chi connectivity index (χ0) is 13.7. The Bertz CT molecular complexity index is 520. The molecule has 4 nitrogen and oxygen atoms in total. The van der Waals surface area contributed by atoms with Gasteiger partial charge in [-0.3, -0.25) is 9.88 Å². The van der Waals surface area contributed by atoms with E-state index >= 15 is 0 Å². The van der Waals surface area contributed by atoms with E-state index in [1.54, 1.807) is 18.5 Å². The van der Waals surface area contributed by atoms with Crippen molar-refractivity contribution in [2.75, 3.05) is 13.1 Å². The molecule has 4 aliphatic rings. The normalized spacial score (nSPS) is 38.0. The summed E-state index contributed by atoms with van der Waals surface area (Å²) in [7, 11) is 0. The SMILES string of the molecule is O=C(O[C@H]1C2C[C@@H]3C[C@@H](C2)CN1C3)c1cncc(Br)c1. The third kappa shape index (κ3) is 2.17. The van der Waals surface area contributed by atoms with Gasteiger partial charge in [0.2, 0.25) is 0 Å². The number of esters is 1. The Kier molecular flexibility index (Phi) is 3.07. The Morgan fingerprint density at radius 3 is 2.65 bits per heavy atom. The standard InChI is InChI=1S/C15H17BrN2O2/c16-13-4-12(5-17-6-13)15(19)20-14-11-2-9-1-10(3-11)8-18(14)7-9/h4-6,9-11,14H,1-3,7-8H2/t9-,10-,14-/m0/s1. The van der Waals surface area contributed by atoms with Crippen LogP contribution in [0.25, 0.3) is 0 Å². The summed E-state index contributed by atoms with van der Waals surface area (Å²) < 4.78 is 6.60. The van der Waals surface area contributed by atoms with E-state index in [0.717, 1.165) is 29.4 Å². The number of ether oxygens (including phenoxy) is 1. The molecule has 3 aliphatic heterocycles. The van der Waals surface area contributed by atoms with Crippen LogP contribution < -0.4 is 0 Å². The van der Waals surface area contributed by atoms with Crippen LogP contribution in [0.1, 0.15) is 29.6 Å². The number of rotatable bonds is 2. The molecule has 0 unspecified atom stereocenters. The first-order valence-corrected chi connectivity index (χ1v) is 8.04. The van der Waals surface area contributed by atoms with Gasteiger partial charge in [-0.05, 0) is 53.1 Å². The van der Waals surface area contributed by atoms with Crippen molar-refractivity contribution >= 4 is 21.9 Å². The number of halogens is 1. The molecule has 106 valence electrons. The number of piperidine rings is 3.